The minimum Gasteiger partial charge on any atom is -0.491 e. The minimum absolute atomic E-state index is 0.0409. The first-order chi connectivity index (χ1) is 13.1. The number of amides is 1. The first kappa shape index (κ1) is 19.0. The van der Waals surface area contributed by atoms with Gasteiger partial charge >= 0.3 is 0 Å². The average molecular weight is 373 g/mol. The van der Waals surface area contributed by atoms with E-state index < -0.39 is 12.2 Å². The Morgan fingerprint density at radius 3 is 2.78 bits per heavy atom. The number of ether oxygens (including phenoxy) is 4. The van der Waals surface area contributed by atoms with Gasteiger partial charge in [0.25, 0.3) is 0 Å². The molecule has 0 saturated carbocycles. The van der Waals surface area contributed by atoms with Crippen LogP contribution in [0.3, 0.4) is 0 Å². The van der Waals surface area contributed by atoms with Gasteiger partial charge in [0.15, 0.2) is 11.5 Å². The van der Waals surface area contributed by atoms with Gasteiger partial charge in [0.1, 0.15) is 24.6 Å². The number of aliphatic hydroxyl groups excluding tert-OH is 1. The fourth-order valence-electron chi connectivity index (χ4n) is 2.45. The SMILES string of the molecule is C[C@H](OCc1ccccc1)C(=O)NC[C@@H](O)COc1ccc2c(c1)OCO2. The zero-order chi connectivity index (χ0) is 19.1. The maximum absolute atomic E-state index is 12.1. The molecule has 2 atom stereocenters. The van der Waals surface area contributed by atoms with Crippen molar-refractivity contribution in [1.29, 1.82) is 0 Å². The summed E-state index contributed by atoms with van der Waals surface area (Å²) in [7, 11) is 0. The molecular formula is C20H23NO6. The van der Waals surface area contributed by atoms with Crippen LogP contribution in [0.15, 0.2) is 48.5 Å². The third-order valence-electron chi connectivity index (χ3n) is 4.01. The van der Waals surface area contributed by atoms with E-state index in [1.165, 1.54) is 0 Å². The van der Waals surface area contributed by atoms with Gasteiger partial charge < -0.3 is 29.4 Å². The average Bonchev–Trinajstić information content (AvgIpc) is 3.17. The molecule has 0 spiro atoms. The minimum atomic E-state index is -0.847. The normalized spacial score (nSPS) is 14.4. The zero-order valence-corrected chi connectivity index (χ0v) is 15.1. The van der Waals surface area contributed by atoms with Gasteiger partial charge in [-0.15, -0.1) is 0 Å². The number of carbonyl (C=O) groups is 1. The number of fused-ring (bicyclic) bond motifs is 1. The molecule has 2 aromatic rings. The van der Waals surface area contributed by atoms with Crippen molar-refractivity contribution in [3.8, 4) is 17.2 Å². The smallest absolute Gasteiger partial charge is 0.248 e. The van der Waals surface area contributed by atoms with Gasteiger partial charge in [0.05, 0.1) is 6.61 Å². The molecular weight excluding hydrogens is 350 g/mol. The molecule has 2 N–H and O–H groups in total. The van der Waals surface area contributed by atoms with Gasteiger partial charge in [-0.05, 0) is 24.6 Å². The molecule has 1 amide bonds. The molecule has 0 saturated heterocycles. The number of nitrogens with one attached hydrogen (secondary N) is 1. The second kappa shape index (κ2) is 9.25. The Balaban J connectivity index is 1.35. The maximum Gasteiger partial charge on any atom is 0.248 e. The largest absolute Gasteiger partial charge is 0.491 e. The molecule has 7 nitrogen and oxygen atoms in total. The van der Waals surface area contributed by atoms with E-state index in [1.807, 2.05) is 30.3 Å². The highest BCUT2D eigenvalue weighted by molar-refractivity contribution is 5.80. The fourth-order valence-corrected chi connectivity index (χ4v) is 2.45. The van der Waals surface area contributed by atoms with Crippen molar-refractivity contribution in [1.82, 2.24) is 5.32 Å². The lowest BCUT2D eigenvalue weighted by Gasteiger charge is -2.16. The molecule has 0 aromatic heterocycles. The zero-order valence-electron chi connectivity index (χ0n) is 15.1. The number of rotatable bonds is 9. The van der Waals surface area contributed by atoms with E-state index in [4.69, 9.17) is 18.9 Å². The molecule has 1 heterocycles. The van der Waals surface area contributed by atoms with Crippen LogP contribution in [0, 0.1) is 0 Å². The lowest BCUT2D eigenvalue weighted by Crippen LogP contribution is -2.40. The lowest BCUT2D eigenvalue weighted by molar-refractivity contribution is -0.133. The third-order valence-corrected chi connectivity index (χ3v) is 4.01. The van der Waals surface area contributed by atoms with Gasteiger partial charge in [-0.25, -0.2) is 0 Å². The first-order valence-electron chi connectivity index (χ1n) is 8.75. The van der Waals surface area contributed by atoms with Crippen molar-refractivity contribution >= 4 is 5.91 Å². The molecule has 0 unspecified atom stereocenters. The van der Waals surface area contributed by atoms with Crippen LogP contribution in [0.1, 0.15) is 12.5 Å². The number of carbonyl (C=O) groups excluding carboxylic acids is 1. The van der Waals surface area contributed by atoms with E-state index in [9.17, 15) is 9.90 Å². The van der Waals surface area contributed by atoms with Crippen molar-refractivity contribution in [3.63, 3.8) is 0 Å². The Morgan fingerprint density at radius 2 is 1.96 bits per heavy atom. The standard InChI is InChI=1S/C20H23NO6/c1-14(24-11-15-5-3-2-4-6-15)20(23)21-10-16(22)12-25-17-7-8-18-19(9-17)27-13-26-18/h2-9,14,16,22H,10-13H2,1H3,(H,21,23)/t14-,16+/m0/s1. The topological polar surface area (TPSA) is 86.3 Å². The molecule has 27 heavy (non-hydrogen) atoms. The molecule has 1 aliphatic rings. The second-order valence-corrected chi connectivity index (χ2v) is 6.16. The van der Waals surface area contributed by atoms with Crippen molar-refractivity contribution in [3.05, 3.63) is 54.1 Å². The lowest BCUT2D eigenvalue weighted by atomic mass is 10.2. The van der Waals surface area contributed by atoms with E-state index in [1.54, 1.807) is 25.1 Å². The summed E-state index contributed by atoms with van der Waals surface area (Å²) in [6.07, 6.45) is -1.46. The van der Waals surface area contributed by atoms with Crippen molar-refractivity contribution in [2.75, 3.05) is 19.9 Å². The summed E-state index contributed by atoms with van der Waals surface area (Å²) in [6.45, 7) is 2.33. The predicted molar refractivity (Wildman–Crippen MR) is 97.8 cm³/mol. The first-order valence-corrected chi connectivity index (χ1v) is 8.75. The van der Waals surface area contributed by atoms with E-state index in [0.717, 1.165) is 5.56 Å². The number of hydrogen-bond donors (Lipinski definition) is 2. The molecule has 2 aromatic carbocycles. The Hall–Kier alpha value is -2.77. The molecule has 0 aliphatic carbocycles. The van der Waals surface area contributed by atoms with Crippen molar-refractivity contribution in [2.24, 2.45) is 0 Å². The number of aliphatic hydroxyl groups is 1. The van der Waals surface area contributed by atoms with Crippen molar-refractivity contribution < 1.29 is 28.8 Å². The van der Waals surface area contributed by atoms with Gasteiger partial charge in [-0.1, -0.05) is 30.3 Å². The van der Waals surface area contributed by atoms with Crippen LogP contribution in [0.2, 0.25) is 0 Å². The summed E-state index contributed by atoms with van der Waals surface area (Å²) in [4.78, 5) is 12.1. The Bertz CT molecular complexity index is 751. The van der Waals surface area contributed by atoms with Gasteiger partial charge in [0.2, 0.25) is 12.7 Å². The quantitative estimate of drug-likeness (QED) is 0.698. The Morgan fingerprint density at radius 1 is 1.19 bits per heavy atom. The van der Waals surface area contributed by atoms with Crippen LogP contribution in [0.5, 0.6) is 17.2 Å². The molecule has 0 bridgehead atoms. The van der Waals surface area contributed by atoms with E-state index >= 15 is 0 Å². The molecule has 7 heteroatoms. The van der Waals surface area contributed by atoms with E-state index in [-0.39, 0.29) is 25.9 Å². The third kappa shape index (κ3) is 5.60. The number of hydrogen-bond acceptors (Lipinski definition) is 6. The van der Waals surface area contributed by atoms with E-state index in [0.29, 0.717) is 23.9 Å². The van der Waals surface area contributed by atoms with Crippen LogP contribution in [-0.4, -0.2) is 43.2 Å². The summed E-state index contributed by atoms with van der Waals surface area (Å²) >= 11 is 0. The van der Waals surface area contributed by atoms with E-state index in [2.05, 4.69) is 5.32 Å². The molecule has 3 rings (SSSR count). The summed E-state index contributed by atoms with van der Waals surface area (Å²) in [5.41, 5.74) is 0.995. The van der Waals surface area contributed by atoms with Crippen LogP contribution in [0.4, 0.5) is 0 Å². The summed E-state index contributed by atoms with van der Waals surface area (Å²) < 4.78 is 21.6. The van der Waals surface area contributed by atoms with Crippen LogP contribution < -0.4 is 19.5 Å². The summed E-state index contributed by atoms with van der Waals surface area (Å²) in [5, 5.41) is 12.7. The van der Waals surface area contributed by atoms with Crippen LogP contribution >= 0.6 is 0 Å². The Kier molecular flexibility index (Phi) is 6.51. The van der Waals surface area contributed by atoms with Gasteiger partial charge in [0, 0.05) is 12.6 Å². The molecule has 0 radical (unpaired) electrons. The highest BCUT2D eigenvalue weighted by atomic mass is 16.7. The molecule has 144 valence electrons. The summed E-state index contributed by atoms with van der Waals surface area (Å²) in [6, 6.07) is 14.8. The highest BCUT2D eigenvalue weighted by Gasteiger charge is 2.16. The second-order valence-electron chi connectivity index (χ2n) is 6.16. The highest BCUT2D eigenvalue weighted by Crippen LogP contribution is 2.35. The Labute approximate surface area is 157 Å². The maximum atomic E-state index is 12.1. The van der Waals surface area contributed by atoms with Crippen LogP contribution in [-0.2, 0) is 16.1 Å². The fraction of sp³-hybridized carbons (Fsp3) is 0.350. The molecule has 1 aliphatic heterocycles. The monoisotopic (exact) mass is 373 g/mol. The number of benzene rings is 2. The molecule has 0 fully saturated rings. The van der Waals surface area contributed by atoms with Gasteiger partial charge in [-0.3, -0.25) is 4.79 Å². The summed E-state index contributed by atoms with van der Waals surface area (Å²) in [5.74, 6) is 1.55. The predicted octanol–water partition coefficient (Wildman–Crippen LogP) is 1.88. The van der Waals surface area contributed by atoms with Gasteiger partial charge in [-0.2, -0.15) is 0 Å². The van der Waals surface area contributed by atoms with Crippen molar-refractivity contribution in [2.45, 2.75) is 25.7 Å². The van der Waals surface area contributed by atoms with Crippen LogP contribution in [0.25, 0.3) is 0 Å².